The van der Waals surface area contributed by atoms with Gasteiger partial charge in [-0.3, -0.25) is 9.78 Å². The number of benzene rings is 2. The Morgan fingerprint density at radius 3 is 2.67 bits per heavy atom. The molecular weight excluding hydrogens is 310 g/mol. The number of nitrogens with one attached hydrogen (secondary N) is 1. The van der Waals surface area contributed by atoms with E-state index < -0.39 is 23.2 Å². The lowest BCUT2D eigenvalue weighted by Gasteiger charge is -2.05. The number of carbonyl (C=O) groups is 1. The van der Waals surface area contributed by atoms with Gasteiger partial charge in [-0.15, -0.1) is 0 Å². The minimum atomic E-state index is -0.648. The molecule has 3 aromatic rings. The van der Waals surface area contributed by atoms with Gasteiger partial charge in [-0.2, -0.15) is 5.10 Å². The number of nitrogens with zero attached hydrogens (tertiary/aromatic N) is 2. The number of aromatic nitrogens is 1. The molecule has 0 aliphatic heterocycles. The molecule has 120 valence electrons. The Hall–Kier alpha value is -3.61. The highest BCUT2D eigenvalue weighted by molar-refractivity contribution is 6.06. The number of phenolic OH excluding ortho intramolecular Hbond substituents is 3. The molecule has 0 unspecified atom stereocenters. The van der Waals surface area contributed by atoms with Crippen LogP contribution in [0.5, 0.6) is 17.2 Å². The Bertz CT molecular complexity index is 948. The van der Waals surface area contributed by atoms with Gasteiger partial charge in [-0.1, -0.05) is 18.2 Å². The van der Waals surface area contributed by atoms with E-state index in [1.54, 1.807) is 24.3 Å². The normalized spacial score (nSPS) is 11.0. The third-order valence-electron chi connectivity index (χ3n) is 3.42. The van der Waals surface area contributed by atoms with Crippen molar-refractivity contribution in [3.63, 3.8) is 0 Å². The van der Waals surface area contributed by atoms with E-state index in [2.05, 4.69) is 15.5 Å². The van der Waals surface area contributed by atoms with E-state index in [0.29, 0.717) is 16.5 Å². The Labute approximate surface area is 136 Å². The summed E-state index contributed by atoms with van der Waals surface area (Å²) in [4.78, 5) is 16.4. The second-order valence-electron chi connectivity index (χ2n) is 4.95. The molecule has 3 rings (SSSR count). The number of para-hydroxylation sites is 1. The van der Waals surface area contributed by atoms with Gasteiger partial charge in [0.05, 0.1) is 17.3 Å². The number of hydrazone groups is 1. The van der Waals surface area contributed by atoms with Crippen molar-refractivity contribution >= 4 is 23.0 Å². The maximum Gasteiger partial charge on any atom is 0.272 e. The smallest absolute Gasteiger partial charge is 0.272 e. The fourth-order valence-electron chi connectivity index (χ4n) is 2.20. The van der Waals surface area contributed by atoms with Gasteiger partial charge in [0, 0.05) is 17.1 Å². The highest BCUT2D eigenvalue weighted by Crippen LogP contribution is 2.36. The maximum atomic E-state index is 12.3. The summed E-state index contributed by atoms with van der Waals surface area (Å²) in [6.07, 6.45) is 2.70. The van der Waals surface area contributed by atoms with Crippen LogP contribution in [0.2, 0.25) is 0 Å². The average molecular weight is 323 g/mol. The summed E-state index contributed by atoms with van der Waals surface area (Å²) in [6, 6.07) is 11.3. The summed E-state index contributed by atoms with van der Waals surface area (Å²) in [5.41, 5.74) is 3.59. The van der Waals surface area contributed by atoms with Gasteiger partial charge < -0.3 is 15.3 Å². The minimum Gasteiger partial charge on any atom is -0.504 e. The van der Waals surface area contributed by atoms with Crippen molar-refractivity contribution in [3.05, 3.63) is 59.8 Å². The van der Waals surface area contributed by atoms with Crippen LogP contribution in [0.4, 0.5) is 0 Å². The second kappa shape index (κ2) is 6.25. The lowest BCUT2D eigenvalue weighted by atomic mass is 10.1. The van der Waals surface area contributed by atoms with Gasteiger partial charge in [0.15, 0.2) is 11.5 Å². The fourth-order valence-corrected chi connectivity index (χ4v) is 2.20. The maximum absolute atomic E-state index is 12.3. The molecule has 0 saturated carbocycles. The first-order chi connectivity index (χ1) is 11.6. The van der Waals surface area contributed by atoms with Crippen LogP contribution in [0.1, 0.15) is 15.9 Å². The van der Waals surface area contributed by atoms with Gasteiger partial charge in [0.2, 0.25) is 5.75 Å². The zero-order chi connectivity index (χ0) is 17.1. The monoisotopic (exact) mass is 323 g/mol. The summed E-state index contributed by atoms with van der Waals surface area (Å²) in [6.45, 7) is 0. The van der Waals surface area contributed by atoms with Crippen molar-refractivity contribution in [2.24, 2.45) is 5.10 Å². The minimum absolute atomic E-state index is 0.144. The Morgan fingerprint density at radius 2 is 1.83 bits per heavy atom. The molecular formula is C17H13N3O4. The summed E-state index contributed by atoms with van der Waals surface area (Å²) < 4.78 is 0. The SMILES string of the molecule is O=C(N/N=C/c1ccc(O)c(O)c1O)c1ccnc2ccccc12. The molecule has 0 radical (unpaired) electrons. The van der Waals surface area contributed by atoms with Gasteiger partial charge in [-0.05, 0) is 24.3 Å². The van der Waals surface area contributed by atoms with Crippen molar-refractivity contribution in [2.75, 3.05) is 0 Å². The second-order valence-corrected chi connectivity index (χ2v) is 4.95. The molecule has 0 spiro atoms. The number of rotatable bonds is 3. The van der Waals surface area contributed by atoms with E-state index in [4.69, 9.17) is 0 Å². The zero-order valence-electron chi connectivity index (χ0n) is 12.3. The molecule has 0 saturated heterocycles. The molecule has 1 aromatic heterocycles. The van der Waals surface area contributed by atoms with E-state index in [1.165, 1.54) is 18.3 Å². The molecule has 0 fully saturated rings. The van der Waals surface area contributed by atoms with Crippen molar-refractivity contribution in [2.45, 2.75) is 0 Å². The Kier molecular flexibility index (Phi) is 3.98. The van der Waals surface area contributed by atoms with E-state index >= 15 is 0 Å². The largest absolute Gasteiger partial charge is 0.504 e. The quantitative estimate of drug-likeness (QED) is 0.335. The van der Waals surface area contributed by atoms with E-state index in [0.717, 1.165) is 6.21 Å². The van der Waals surface area contributed by atoms with Gasteiger partial charge in [0.1, 0.15) is 0 Å². The van der Waals surface area contributed by atoms with Crippen molar-refractivity contribution < 1.29 is 20.1 Å². The van der Waals surface area contributed by atoms with Crippen molar-refractivity contribution in [1.82, 2.24) is 10.4 Å². The van der Waals surface area contributed by atoms with E-state index in [-0.39, 0.29) is 5.56 Å². The number of hydrogen-bond acceptors (Lipinski definition) is 6. The fraction of sp³-hybridized carbons (Fsp3) is 0. The van der Waals surface area contributed by atoms with Crippen LogP contribution >= 0.6 is 0 Å². The summed E-state index contributed by atoms with van der Waals surface area (Å²) in [7, 11) is 0. The molecule has 1 amide bonds. The number of fused-ring (bicyclic) bond motifs is 1. The van der Waals surface area contributed by atoms with Crippen LogP contribution in [0, 0.1) is 0 Å². The highest BCUT2D eigenvalue weighted by Gasteiger charge is 2.11. The first-order valence-electron chi connectivity index (χ1n) is 6.99. The molecule has 7 heteroatoms. The molecule has 2 aromatic carbocycles. The van der Waals surface area contributed by atoms with Gasteiger partial charge in [-0.25, -0.2) is 5.43 Å². The standard InChI is InChI=1S/C17H13N3O4/c21-14-6-5-10(15(22)16(14)23)9-19-20-17(24)12-7-8-18-13-4-2-1-3-11(12)13/h1-9,21-23H,(H,20,24)/b19-9+. The molecule has 0 aliphatic carbocycles. The molecule has 0 bridgehead atoms. The lowest BCUT2D eigenvalue weighted by Crippen LogP contribution is -2.18. The summed E-state index contributed by atoms with van der Waals surface area (Å²) in [5, 5.41) is 32.8. The van der Waals surface area contributed by atoms with Crippen molar-refractivity contribution in [3.8, 4) is 17.2 Å². The zero-order valence-corrected chi connectivity index (χ0v) is 12.3. The molecule has 24 heavy (non-hydrogen) atoms. The molecule has 0 atom stereocenters. The topological polar surface area (TPSA) is 115 Å². The molecule has 4 N–H and O–H groups in total. The molecule has 1 heterocycles. The first-order valence-corrected chi connectivity index (χ1v) is 6.99. The van der Waals surface area contributed by atoms with Gasteiger partial charge >= 0.3 is 0 Å². The predicted octanol–water partition coefficient (Wildman–Crippen LogP) is 2.12. The van der Waals surface area contributed by atoms with Crippen LogP contribution in [-0.2, 0) is 0 Å². The van der Waals surface area contributed by atoms with Crippen LogP contribution in [-0.4, -0.2) is 32.4 Å². The Morgan fingerprint density at radius 1 is 1.04 bits per heavy atom. The number of phenols is 3. The number of aromatic hydroxyl groups is 3. The summed E-state index contributed by atoms with van der Waals surface area (Å²) >= 11 is 0. The third kappa shape index (κ3) is 2.82. The first kappa shape index (κ1) is 15.3. The lowest BCUT2D eigenvalue weighted by molar-refractivity contribution is 0.0956. The summed E-state index contributed by atoms with van der Waals surface area (Å²) in [5.74, 6) is -2.06. The average Bonchev–Trinajstić information content (AvgIpc) is 2.61. The van der Waals surface area contributed by atoms with Gasteiger partial charge in [0.25, 0.3) is 5.91 Å². The Balaban J connectivity index is 1.82. The number of pyridine rings is 1. The van der Waals surface area contributed by atoms with Crippen LogP contribution in [0.3, 0.4) is 0 Å². The third-order valence-corrected chi connectivity index (χ3v) is 3.42. The molecule has 7 nitrogen and oxygen atoms in total. The van der Waals surface area contributed by atoms with E-state index in [1.807, 2.05) is 6.07 Å². The van der Waals surface area contributed by atoms with Crippen LogP contribution in [0.15, 0.2) is 53.8 Å². The predicted molar refractivity (Wildman–Crippen MR) is 88.2 cm³/mol. The number of amides is 1. The van der Waals surface area contributed by atoms with Crippen LogP contribution in [0.25, 0.3) is 10.9 Å². The highest BCUT2D eigenvalue weighted by atomic mass is 16.3. The van der Waals surface area contributed by atoms with Crippen LogP contribution < -0.4 is 5.43 Å². The number of hydrogen-bond donors (Lipinski definition) is 4. The van der Waals surface area contributed by atoms with E-state index in [9.17, 15) is 20.1 Å². The molecule has 0 aliphatic rings. The number of carbonyl (C=O) groups excluding carboxylic acids is 1. The van der Waals surface area contributed by atoms with Crippen molar-refractivity contribution in [1.29, 1.82) is 0 Å².